The summed E-state index contributed by atoms with van der Waals surface area (Å²) in [4.78, 5) is 40.9. The van der Waals surface area contributed by atoms with Crippen molar-refractivity contribution in [3.05, 3.63) is 46.2 Å². The van der Waals surface area contributed by atoms with E-state index in [1.807, 2.05) is 11.4 Å². The fourth-order valence-corrected chi connectivity index (χ4v) is 3.73. The highest BCUT2D eigenvalue weighted by atomic mass is 32.1. The Labute approximate surface area is 165 Å². The van der Waals surface area contributed by atoms with Crippen molar-refractivity contribution < 1.29 is 28.6 Å². The smallest absolute Gasteiger partial charge is 0.338 e. The molecule has 9 heteroatoms. The molecule has 4 rings (SSSR count). The van der Waals surface area contributed by atoms with Crippen molar-refractivity contribution in [2.45, 2.75) is 0 Å². The molecule has 8 nitrogen and oxygen atoms in total. The van der Waals surface area contributed by atoms with Crippen LogP contribution >= 0.6 is 11.3 Å². The number of piperazine rings is 1. The summed E-state index contributed by atoms with van der Waals surface area (Å²) in [5, 5.41) is 1.86. The first kappa shape index (κ1) is 18.3. The molecule has 0 bridgehead atoms. The lowest BCUT2D eigenvalue weighted by atomic mass is 10.2. The Morgan fingerprint density at radius 2 is 1.75 bits per heavy atom. The fourth-order valence-electron chi connectivity index (χ4n) is 3.04. The molecule has 2 aromatic rings. The zero-order chi connectivity index (χ0) is 19.5. The van der Waals surface area contributed by atoms with E-state index in [2.05, 4.69) is 0 Å². The van der Waals surface area contributed by atoms with E-state index in [-0.39, 0.29) is 25.2 Å². The minimum absolute atomic E-state index is 0.0173. The van der Waals surface area contributed by atoms with Crippen molar-refractivity contribution in [2.75, 3.05) is 39.6 Å². The van der Waals surface area contributed by atoms with Gasteiger partial charge in [-0.3, -0.25) is 9.59 Å². The molecular formula is C19H18N2O6S. The van der Waals surface area contributed by atoms with Crippen LogP contribution in [0.15, 0.2) is 35.7 Å². The number of benzene rings is 1. The van der Waals surface area contributed by atoms with Gasteiger partial charge in [0.05, 0.1) is 10.4 Å². The van der Waals surface area contributed by atoms with Gasteiger partial charge in [0, 0.05) is 26.2 Å². The van der Waals surface area contributed by atoms with Gasteiger partial charge >= 0.3 is 5.97 Å². The van der Waals surface area contributed by atoms with Crippen molar-refractivity contribution in [1.82, 2.24) is 9.80 Å². The predicted molar refractivity (Wildman–Crippen MR) is 99.7 cm³/mol. The number of fused-ring (bicyclic) bond motifs is 1. The van der Waals surface area contributed by atoms with E-state index in [4.69, 9.17) is 14.2 Å². The Morgan fingerprint density at radius 3 is 2.50 bits per heavy atom. The Balaban J connectivity index is 1.25. The van der Waals surface area contributed by atoms with Crippen LogP contribution in [0.5, 0.6) is 11.5 Å². The van der Waals surface area contributed by atoms with E-state index in [0.29, 0.717) is 48.1 Å². The quantitative estimate of drug-likeness (QED) is 0.723. The highest BCUT2D eigenvalue weighted by molar-refractivity contribution is 7.12. The molecule has 0 N–H and O–H groups in total. The maximum Gasteiger partial charge on any atom is 0.338 e. The largest absolute Gasteiger partial charge is 0.454 e. The Hall–Kier alpha value is -3.07. The molecule has 28 heavy (non-hydrogen) atoms. The third kappa shape index (κ3) is 3.79. The zero-order valence-corrected chi connectivity index (χ0v) is 15.8. The van der Waals surface area contributed by atoms with Gasteiger partial charge < -0.3 is 24.0 Å². The maximum absolute atomic E-state index is 12.3. The van der Waals surface area contributed by atoms with Crippen LogP contribution in [0, 0.1) is 0 Å². The summed E-state index contributed by atoms with van der Waals surface area (Å²) >= 11 is 1.40. The van der Waals surface area contributed by atoms with Crippen LogP contribution in [-0.2, 0) is 9.53 Å². The number of rotatable bonds is 4. The second-order valence-corrected chi connectivity index (χ2v) is 7.24. The molecule has 2 amide bonds. The monoisotopic (exact) mass is 402 g/mol. The summed E-state index contributed by atoms with van der Waals surface area (Å²) in [5.74, 6) is 0.154. The number of carbonyl (C=O) groups is 3. The number of thiophene rings is 1. The number of hydrogen-bond donors (Lipinski definition) is 0. The van der Waals surface area contributed by atoms with E-state index in [0.717, 1.165) is 0 Å². The first-order chi connectivity index (χ1) is 13.6. The molecule has 0 saturated carbocycles. The SMILES string of the molecule is O=C(OCC(=O)N1CCN(C(=O)c2cccs2)CC1)c1ccc2c(c1)OCO2. The summed E-state index contributed by atoms with van der Waals surface area (Å²) in [5.41, 5.74) is 0.295. The van der Waals surface area contributed by atoms with Gasteiger partial charge in [0.15, 0.2) is 18.1 Å². The highest BCUT2D eigenvalue weighted by Gasteiger charge is 2.26. The van der Waals surface area contributed by atoms with E-state index < -0.39 is 5.97 Å². The molecule has 1 saturated heterocycles. The highest BCUT2D eigenvalue weighted by Crippen LogP contribution is 2.32. The maximum atomic E-state index is 12.3. The van der Waals surface area contributed by atoms with Gasteiger partial charge in [-0.15, -0.1) is 11.3 Å². The van der Waals surface area contributed by atoms with Gasteiger partial charge in [-0.25, -0.2) is 4.79 Å². The van der Waals surface area contributed by atoms with E-state index in [9.17, 15) is 14.4 Å². The number of ether oxygens (including phenoxy) is 3. The molecule has 1 aromatic carbocycles. The average molecular weight is 402 g/mol. The normalized spacial score (nSPS) is 15.4. The molecule has 0 atom stereocenters. The number of esters is 1. The number of nitrogens with zero attached hydrogens (tertiary/aromatic N) is 2. The van der Waals surface area contributed by atoms with Crippen LogP contribution in [-0.4, -0.2) is 67.2 Å². The molecule has 1 fully saturated rings. The fraction of sp³-hybridized carbons (Fsp3) is 0.316. The molecule has 0 unspecified atom stereocenters. The molecule has 0 radical (unpaired) electrons. The first-order valence-corrected chi connectivity index (χ1v) is 9.67. The summed E-state index contributed by atoms with van der Waals surface area (Å²) in [6.07, 6.45) is 0. The van der Waals surface area contributed by atoms with Gasteiger partial charge in [0.1, 0.15) is 0 Å². The minimum atomic E-state index is -0.599. The molecule has 0 spiro atoms. The van der Waals surface area contributed by atoms with Gasteiger partial charge in [-0.05, 0) is 29.6 Å². The Bertz CT molecular complexity index is 890. The molecule has 1 aromatic heterocycles. The van der Waals surface area contributed by atoms with Crippen molar-refractivity contribution in [2.24, 2.45) is 0 Å². The summed E-state index contributed by atoms with van der Waals surface area (Å²) in [6, 6.07) is 8.36. The summed E-state index contributed by atoms with van der Waals surface area (Å²) < 4.78 is 15.6. The van der Waals surface area contributed by atoms with Crippen LogP contribution in [0.3, 0.4) is 0 Å². The molecule has 2 aliphatic rings. The molecule has 0 aliphatic carbocycles. The summed E-state index contributed by atoms with van der Waals surface area (Å²) in [6.45, 7) is 1.52. The number of amides is 2. The van der Waals surface area contributed by atoms with Crippen LogP contribution in [0.1, 0.15) is 20.0 Å². The van der Waals surface area contributed by atoms with Gasteiger partial charge in [-0.1, -0.05) is 6.07 Å². The molecule has 146 valence electrons. The second-order valence-electron chi connectivity index (χ2n) is 6.29. The lowest BCUT2D eigenvalue weighted by Crippen LogP contribution is -2.51. The van der Waals surface area contributed by atoms with Crippen molar-refractivity contribution >= 4 is 29.1 Å². The topological polar surface area (TPSA) is 85.4 Å². The van der Waals surface area contributed by atoms with Crippen LogP contribution in [0.4, 0.5) is 0 Å². The predicted octanol–water partition coefficient (Wildman–Crippen LogP) is 1.62. The van der Waals surface area contributed by atoms with Crippen molar-refractivity contribution in [3.63, 3.8) is 0 Å². The standard InChI is InChI=1S/C19H18N2O6S/c22-17(11-25-19(24)13-3-4-14-15(10-13)27-12-26-14)20-5-7-21(8-6-20)18(23)16-2-1-9-28-16/h1-4,9-10H,5-8,11-12H2. The van der Waals surface area contributed by atoms with Crippen molar-refractivity contribution in [1.29, 1.82) is 0 Å². The van der Waals surface area contributed by atoms with Crippen LogP contribution < -0.4 is 9.47 Å². The van der Waals surface area contributed by atoms with Crippen LogP contribution in [0.25, 0.3) is 0 Å². The lowest BCUT2D eigenvalue weighted by molar-refractivity contribution is -0.136. The first-order valence-electron chi connectivity index (χ1n) is 8.79. The van der Waals surface area contributed by atoms with E-state index in [1.54, 1.807) is 28.0 Å². The molecule has 3 heterocycles. The Kier molecular flexibility index (Phi) is 5.16. The number of carbonyl (C=O) groups excluding carboxylic acids is 3. The molecule has 2 aliphatic heterocycles. The third-order valence-corrected chi connectivity index (χ3v) is 5.44. The third-order valence-electron chi connectivity index (χ3n) is 4.59. The van der Waals surface area contributed by atoms with Crippen LogP contribution in [0.2, 0.25) is 0 Å². The van der Waals surface area contributed by atoms with E-state index >= 15 is 0 Å². The lowest BCUT2D eigenvalue weighted by Gasteiger charge is -2.34. The summed E-state index contributed by atoms with van der Waals surface area (Å²) in [7, 11) is 0. The zero-order valence-electron chi connectivity index (χ0n) is 15.0. The van der Waals surface area contributed by atoms with Gasteiger partial charge in [0.2, 0.25) is 6.79 Å². The average Bonchev–Trinajstić information content (AvgIpc) is 3.42. The van der Waals surface area contributed by atoms with E-state index in [1.165, 1.54) is 17.4 Å². The second kappa shape index (κ2) is 7.89. The minimum Gasteiger partial charge on any atom is -0.454 e. The van der Waals surface area contributed by atoms with Gasteiger partial charge in [-0.2, -0.15) is 0 Å². The van der Waals surface area contributed by atoms with Crippen molar-refractivity contribution in [3.8, 4) is 11.5 Å². The van der Waals surface area contributed by atoms with Gasteiger partial charge in [0.25, 0.3) is 11.8 Å². The Morgan fingerprint density at radius 1 is 1.00 bits per heavy atom. The number of hydrogen-bond acceptors (Lipinski definition) is 7. The molecular weight excluding hydrogens is 384 g/mol.